The lowest BCUT2D eigenvalue weighted by molar-refractivity contribution is 0.0640. The molecule has 0 saturated carbocycles. The molecule has 0 radical (unpaired) electrons. The number of carbonyl (C=O) groups excluding carboxylic acids is 1. The van der Waals surface area contributed by atoms with Gasteiger partial charge in [-0.05, 0) is 31.2 Å². The summed E-state index contributed by atoms with van der Waals surface area (Å²) in [5.41, 5.74) is 1.37. The predicted molar refractivity (Wildman–Crippen MR) is 70.9 cm³/mol. The van der Waals surface area contributed by atoms with Gasteiger partial charge in [0.05, 0.1) is 5.56 Å². The Kier molecular flexibility index (Phi) is 3.87. The highest BCUT2D eigenvalue weighted by molar-refractivity contribution is 5.97. The third-order valence-electron chi connectivity index (χ3n) is 3.49. The van der Waals surface area contributed by atoms with E-state index in [1.54, 1.807) is 12.1 Å². The highest BCUT2D eigenvalue weighted by Gasteiger charge is 2.23. The summed E-state index contributed by atoms with van der Waals surface area (Å²) in [6, 6.07) is 5.20. The standard InChI is InChI=1S/C14H20N2O2/c1-3-15-6-8-16(9-7-15)14(18)12-5-4-11(2)10-13(12)17/h4-5,10,17H,3,6-9H2,1-2H3. The first kappa shape index (κ1) is 12.9. The van der Waals surface area contributed by atoms with Crippen molar-refractivity contribution in [2.45, 2.75) is 13.8 Å². The Morgan fingerprint density at radius 2 is 1.94 bits per heavy atom. The van der Waals surface area contributed by atoms with Gasteiger partial charge in [0.2, 0.25) is 0 Å². The molecular weight excluding hydrogens is 228 g/mol. The number of nitrogens with zero attached hydrogens (tertiary/aromatic N) is 2. The van der Waals surface area contributed by atoms with E-state index < -0.39 is 0 Å². The Hall–Kier alpha value is -1.55. The molecule has 1 fully saturated rings. The quantitative estimate of drug-likeness (QED) is 0.862. The molecule has 4 heteroatoms. The summed E-state index contributed by atoms with van der Waals surface area (Å²) in [4.78, 5) is 16.4. The topological polar surface area (TPSA) is 43.8 Å². The molecule has 4 nitrogen and oxygen atoms in total. The van der Waals surface area contributed by atoms with Crippen LogP contribution in [0.3, 0.4) is 0 Å². The summed E-state index contributed by atoms with van der Waals surface area (Å²) >= 11 is 0. The fourth-order valence-corrected chi connectivity index (χ4v) is 2.26. The number of rotatable bonds is 2. The maximum absolute atomic E-state index is 12.3. The molecule has 1 aromatic rings. The van der Waals surface area contributed by atoms with Crippen LogP contribution < -0.4 is 0 Å². The number of likely N-dealkylation sites (N-methyl/N-ethyl adjacent to an activating group) is 1. The van der Waals surface area contributed by atoms with E-state index in [1.807, 2.05) is 17.9 Å². The van der Waals surface area contributed by atoms with Crippen LogP contribution in [0, 0.1) is 6.92 Å². The molecule has 1 N–H and O–H groups in total. The zero-order valence-corrected chi connectivity index (χ0v) is 11.0. The summed E-state index contributed by atoms with van der Waals surface area (Å²) in [6.07, 6.45) is 0. The summed E-state index contributed by atoms with van der Waals surface area (Å²) in [5, 5.41) is 9.83. The maximum Gasteiger partial charge on any atom is 0.257 e. The van der Waals surface area contributed by atoms with Crippen LogP contribution in [0.2, 0.25) is 0 Å². The first-order valence-corrected chi connectivity index (χ1v) is 6.43. The third kappa shape index (κ3) is 2.64. The fourth-order valence-electron chi connectivity index (χ4n) is 2.26. The molecule has 1 amide bonds. The molecule has 1 saturated heterocycles. The molecule has 1 aliphatic heterocycles. The second-order valence-corrected chi connectivity index (χ2v) is 4.75. The van der Waals surface area contributed by atoms with E-state index in [-0.39, 0.29) is 11.7 Å². The van der Waals surface area contributed by atoms with Crippen LogP contribution in [0.4, 0.5) is 0 Å². The Labute approximate surface area is 108 Å². The van der Waals surface area contributed by atoms with E-state index in [1.165, 1.54) is 0 Å². The first-order chi connectivity index (χ1) is 8.61. The molecule has 0 aromatic heterocycles. The van der Waals surface area contributed by atoms with Crippen LogP contribution in [0.25, 0.3) is 0 Å². The van der Waals surface area contributed by atoms with Crippen molar-refractivity contribution in [1.82, 2.24) is 9.80 Å². The molecule has 0 spiro atoms. The maximum atomic E-state index is 12.3. The number of aromatic hydroxyl groups is 1. The van der Waals surface area contributed by atoms with Crippen molar-refractivity contribution >= 4 is 5.91 Å². The Bertz CT molecular complexity index is 437. The van der Waals surface area contributed by atoms with Gasteiger partial charge in [-0.2, -0.15) is 0 Å². The lowest BCUT2D eigenvalue weighted by Gasteiger charge is -2.34. The van der Waals surface area contributed by atoms with Crippen molar-refractivity contribution in [2.75, 3.05) is 32.7 Å². The van der Waals surface area contributed by atoms with E-state index in [0.29, 0.717) is 5.56 Å². The van der Waals surface area contributed by atoms with Gasteiger partial charge in [-0.3, -0.25) is 4.79 Å². The monoisotopic (exact) mass is 248 g/mol. The van der Waals surface area contributed by atoms with Crippen molar-refractivity contribution in [2.24, 2.45) is 0 Å². The van der Waals surface area contributed by atoms with E-state index in [0.717, 1.165) is 38.3 Å². The Morgan fingerprint density at radius 1 is 1.28 bits per heavy atom. The zero-order valence-electron chi connectivity index (χ0n) is 11.0. The normalized spacial score (nSPS) is 16.9. The summed E-state index contributed by atoms with van der Waals surface area (Å²) < 4.78 is 0. The molecule has 0 aliphatic carbocycles. The number of benzene rings is 1. The molecular formula is C14H20N2O2. The van der Waals surface area contributed by atoms with Gasteiger partial charge < -0.3 is 14.9 Å². The number of phenolic OH excluding ortho intramolecular Hbond substituents is 1. The van der Waals surface area contributed by atoms with E-state index >= 15 is 0 Å². The van der Waals surface area contributed by atoms with Crippen molar-refractivity contribution < 1.29 is 9.90 Å². The van der Waals surface area contributed by atoms with Crippen LogP contribution >= 0.6 is 0 Å². The van der Waals surface area contributed by atoms with Crippen LogP contribution in [-0.4, -0.2) is 53.5 Å². The van der Waals surface area contributed by atoms with Crippen molar-refractivity contribution in [3.63, 3.8) is 0 Å². The average Bonchev–Trinajstić information content (AvgIpc) is 2.38. The Morgan fingerprint density at radius 3 is 2.50 bits per heavy atom. The zero-order chi connectivity index (χ0) is 13.1. The SMILES string of the molecule is CCN1CCN(C(=O)c2ccc(C)cc2O)CC1. The molecule has 1 aromatic carbocycles. The molecule has 1 aliphatic rings. The number of amides is 1. The largest absolute Gasteiger partial charge is 0.507 e. The number of carbonyl (C=O) groups is 1. The van der Waals surface area contributed by atoms with Gasteiger partial charge in [0.1, 0.15) is 5.75 Å². The van der Waals surface area contributed by atoms with Crippen LogP contribution in [0.1, 0.15) is 22.8 Å². The van der Waals surface area contributed by atoms with Gasteiger partial charge in [-0.15, -0.1) is 0 Å². The predicted octanol–water partition coefficient (Wildman–Crippen LogP) is 1.48. The molecule has 18 heavy (non-hydrogen) atoms. The lowest BCUT2D eigenvalue weighted by Crippen LogP contribution is -2.48. The average molecular weight is 248 g/mol. The van der Waals surface area contributed by atoms with Gasteiger partial charge in [-0.1, -0.05) is 13.0 Å². The summed E-state index contributed by atoms with van der Waals surface area (Å²) in [7, 11) is 0. The van der Waals surface area contributed by atoms with Gasteiger partial charge >= 0.3 is 0 Å². The molecule has 0 unspecified atom stereocenters. The summed E-state index contributed by atoms with van der Waals surface area (Å²) in [6.45, 7) is 8.35. The van der Waals surface area contributed by atoms with Gasteiger partial charge in [0.15, 0.2) is 0 Å². The van der Waals surface area contributed by atoms with Crippen molar-refractivity contribution in [3.8, 4) is 5.75 Å². The van der Waals surface area contributed by atoms with Crippen molar-refractivity contribution in [1.29, 1.82) is 0 Å². The second kappa shape index (κ2) is 5.40. The minimum atomic E-state index is -0.0664. The smallest absolute Gasteiger partial charge is 0.257 e. The second-order valence-electron chi connectivity index (χ2n) is 4.75. The number of piperazine rings is 1. The lowest BCUT2D eigenvalue weighted by atomic mass is 10.1. The number of aryl methyl sites for hydroxylation is 1. The molecule has 2 rings (SSSR count). The minimum absolute atomic E-state index is 0.0664. The van der Waals surface area contributed by atoms with Gasteiger partial charge in [0.25, 0.3) is 5.91 Å². The van der Waals surface area contributed by atoms with Crippen LogP contribution in [0.5, 0.6) is 5.75 Å². The molecule has 0 bridgehead atoms. The number of phenols is 1. The first-order valence-electron chi connectivity index (χ1n) is 6.43. The van der Waals surface area contributed by atoms with E-state index in [2.05, 4.69) is 11.8 Å². The van der Waals surface area contributed by atoms with Crippen LogP contribution in [-0.2, 0) is 0 Å². The van der Waals surface area contributed by atoms with Crippen molar-refractivity contribution in [3.05, 3.63) is 29.3 Å². The van der Waals surface area contributed by atoms with Gasteiger partial charge in [-0.25, -0.2) is 0 Å². The fraction of sp³-hybridized carbons (Fsp3) is 0.500. The van der Waals surface area contributed by atoms with E-state index in [9.17, 15) is 9.90 Å². The minimum Gasteiger partial charge on any atom is -0.507 e. The highest BCUT2D eigenvalue weighted by atomic mass is 16.3. The number of hydrogen-bond donors (Lipinski definition) is 1. The van der Waals surface area contributed by atoms with Gasteiger partial charge in [0, 0.05) is 26.2 Å². The molecule has 1 heterocycles. The molecule has 0 atom stereocenters. The summed E-state index contributed by atoms with van der Waals surface area (Å²) in [5.74, 6) is 0.0150. The third-order valence-corrected chi connectivity index (χ3v) is 3.49. The Balaban J connectivity index is 2.08. The van der Waals surface area contributed by atoms with Crippen LogP contribution in [0.15, 0.2) is 18.2 Å². The van der Waals surface area contributed by atoms with E-state index in [4.69, 9.17) is 0 Å². The number of hydrogen-bond acceptors (Lipinski definition) is 3. The highest BCUT2D eigenvalue weighted by Crippen LogP contribution is 2.20. The molecule has 98 valence electrons.